The minimum Gasteiger partial charge on any atom is -0.360 e. The van der Waals surface area contributed by atoms with Crippen molar-refractivity contribution in [2.75, 3.05) is 18.4 Å². The molecule has 0 spiro atoms. The van der Waals surface area contributed by atoms with Gasteiger partial charge < -0.3 is 4.98 Å². The van der Waals surface area contributed by atoms with E-state index >= 15 is 0 Å². The summed E-state index contributed by atoms with van der Waals surface area (Å²) < 4.78 is 27.1. The van der Waals surface area contributed by atoms with Gasteiger partial charge in [-0.05, 0) is 24.3 Å². The number of sulfonamides is 1. The molecule has 0 aliphatic heterocycles. The number of amides is 1. The molecule has 7 nitrogen and oxygen atoms in total. The van der Waals surface area contributed by atoms with E-state index in [9.17, 15) is 13.2 Å². The summed E-state index contributed by atoms with van der Waals surface area (Å²) in [6, 6.07) is 12.1. The molecule has 2 N–H and O–H groups in total. The summed E-state index contributed by atoms with van der Waals surface area (Å²) >= 11 is 7.46. The van der Waals surface area contributed by atoms with Crippen molar-refractivity contribution >= 4 is 54.9 Å². The summed E-state index contributed by atoms with van der Waals surface area (Å²) in [4.78, 5) is 20.5. The molecule has 0 aliphatic carbocycles. The maximum absolute atomic E-state index is 12.9. The maximum Gasteiger partial charge on any atom is 0.257 e. The third-order valence-corrected chi connectivity index (χ3v) is 8.40. The highest BCUT2D eigenvalue weighted by molar-refractivity contribution is 7.89. The number of hydrogen-bond acceptors (Lipinski definition) is 5. The van der Waals surface area contributed by atoms with Gasteiger partial charge in [-0.25, -0.2) is 13.4 Å². The Morgan fingerprint density at radius 2 is 1.94 bits per heavy atom. The standard InChI is InChI=1S/C22H21ClN4O3S2/c1-3-27(4-2)32(29,30)20-11-14(9-10-17(20)23)21(28)26-22-25-19(13-31-22)16-12-24-18-8-6-5-7-15(16)18/h5-13,24H,3-4H2,1-2H3,(H,25,26,28). The quantitative estimate of drug-likeness (QED) is 0.372. The lowest BCUT2D eigenvalue weighted by Gasteiger charge is -2.19. The number of carbonyl (C=O) groups is 1. The maximum atomic E-state index is 12.9. The van der Waals surface area contributed by atoms with Crippen LogP contribution in [0.2, 0.25) is 5.02 Å². The number of benzene rings is 2. The highest BCUT2D eigenvalue weighted by Crippen LogP contribution is 2.31. The Hall–Kier alpha value is -2.72. The number of rotatable bonds is 7. The largest absolute Gasteiger partial charge is 0.360 e. The van der Waals surface area contributed by atoms with Gasteiger partial charge in [-0.1, -0.05) is 43.6 Å². The number of halogens is 1. The van der Waals surface area contributed by atoms with Crippen LogP contribution in [0, 0.1) is 0 Å². The second-order valence-corrected chi connectivity index (χ2v) is 10.1. The summed E-state index contributed by atoms with van der Waals surface area (Å²) in [5.41, 5.74) is 2.87. The molecule has 0 radical (unpaired) electrons. The molecule has 0 fully saturated rings. The zero-order valence-electron chi connectivity index (χ0n) is 17.4. The first-order valence-corrected chi connectivity index (χ1v) is 12.7. The number of aromatic amines is 1. The van der Waals surface area contributed by atoms with Crippen molar-refractivity contribution < 1.29 is 13.2 Å². The molecule has 32 heavy (non-hydrogen) atoms. The number of carbonyl (C=O) groups excluding carboxylic acids is 1. The van der Waals surface area contributed by atoms with Crippen molar-refractivity contribution in [1.82, 2.24) is 14.3 Å². The van der Waals surface area contributed by atoms with Gasteiger partial charge in [0.25, 0.3) is 5.91 Å². The number of nitrogens with one attached hydrogen (secondary N) is 2. The van der Waals surface area contributed by atoms with Crippen molar-refractivity contribution in [3.8, 4) is 11.3 Å². The predicted octanol–water partition coefficient (Wildman–Crippen LogP) is 5.23. The average Bonchev–Trinajstić information content (AvgIpc) is 3.41. The van der Waals surface area contributed by atoms with E-state index in [4.69, 9.17) is 11.6 Å². The summed E-state index contributed by atoms with van der Waals surface area (Å²) in [6.07, 6.45) is 1.88. The number of H-pyrrole nitrogens is 1. The fourth-order valence-electron chi connectivity index (χ4n) is 3.45. The van der Waals surface area contributed by atoms with Gasteiger partial charge in [-0.3, -0.25) is 10.1 Å². The Kier molecular flexibility index (Phi) is 6.34. The highest BCUT2D eigenvalue weighted by atomic mass is 35.5. The number of aromatic nitrogens is 2. The molecule has 0 bridgehead atoms. The van der Waals surface area contributed by atoms with Crippen LogP contribution in [0.15, 0.2) is 58.9 Å². The molecule has 1 amide bonds. The fourth-order valence-corrected chi connectivity index (χ4v) is 6.12. The number of hydrogen-bond donors (Lipinski definition) is 2. The topological polar surface area (TPSA) is 95.2 Å². The second-order valence-electron chi connectivity index (χ2n) is 6.97. The van der Waals surface area contributed by atoms with Gasteiger partial charge in [0, 0.05) is 46.7 Å². The van der Waals surface area contributed by atoms with Crippen molar-refractivity contribution in [2.24, 2.45) is 0 Å². The van der Waals surface area contributed by atoms with Crippen molar-refractivity contribution in [1.29, 1.82) is 0 Å². The van der Waals surface area contributed by atoms with Crippen LogP contribution < -0.4 is 5.32 Å². The lowest BCUT2D eigenvalue weighted by atomic mass is 10.1. The van der Waals surface area contributed by atoms with E-state index in [2.05, 4.69) is 15.3 Å². The summed E-state index contributed by atoms with van der Waals surface area (Å²) in [6.45, 7) is 4.11. The Morgan fingerprint density at radius 1 is 1.19 bits per heavy atom. The molecule has 4 rings (SSSR count). The first-order chi connectivity index (χ1) is 15.3. The van der Waals surface area contributed by atoms with Crippen LogP contribution in [0.3, 0.4) is 0 Å². The summed E-state index contributed by atoms with van der Waals surface area (Å²) in [5, 5.41) is 6.15. The molecular weight excluding hydrogens is 468 g/mol. The van der Waals surface area contributed by atoms with E-state index in [1.54, 1.807) is 13.8 Å². The number of fused-ring (bicyclic) bond motifs is 1. The van der Waals surface area contributed by atoms with Gasteiger partial charge in [-0.15, -0.1) is 11.3 Å². The Labute approximate surface area is 195 Å². The molecule has 0 unspecified atom stereocenters. The Bertz CT molecular complexity index is 1390. The van der Waals surface area contributed by atoms with Gasteiger partial charge in [-0.2, -0.15) is 4.31 Å². The van der Waals surface area contributed by atoms with E-state index in [0.29, 0.717) is 18.2 Å². The number of para-hydroxylation sites is 1. The number of anilines is 1. The monoisotopic (exact) mass is 488 g/mol. The van der Waals surface area contributed by atoms with Gasteiger partial charge in [0.1, 0.15) is 4.90 Å². The molecule has 0 atom stereocenters. The Balaban J connectivity index is 1.59. The van der Waals surface area contributed by atoms with E-state index < -0.39 is 15.9 Å². The first kappa shape index (κ1) is 22.5. The van der Waals surface area contributed by atoms with Crippen molar-refractivity contribution in [2.45, 2.75) is 18.7 Å². The fraction of sp³-hybridized carbons (Fsp3) is 0.182. The lowest BCUT2D eigenvalue weighted by molar-refractivity contribution is 0.102. The molecule has 0 saturated heterocycles. The average molecular weight is 489 g/mol. The molecule has 10 heteroatoms. The van der Waals surface area contributed by atoms with Crippen LogP contribution >= 0.6 is 22.9 Å². The van der Waals surface area contributed by atoms with Crippen LogP contribution in [0.25, 0.3) is 22.2 Å². The molecule has 2 heterocycles. The van der Waals surface area contributed by atoms with Crippen LogP contribution in [0.5, 0.6) is 0 Å². The van der Waals surface area contributed by atoms with Crippen LogP contribution in [-0.2, 0) is 10.0 Å². The lowest BCUT2D eigenvalue weighted by Crippen LogP contribution is -2.31. The molecule has 166 valence electrons. The highest BCUT2D eigenvalue weighted by Gasteiger charge is 2.25. The molecule has 0 saturated carbocycles. The van der Waals surface area contributed by atoms with Crippen molar-refractivity contribution in [3.63, 3.8) is 0 Å². The molecule has 0 aliphatic rings. The van der Waals surface area contributed by atoms with E-state index in [-0.39, 0.29) is 15.5 Å². The number of thiazole rings is 1. The third-order valence-electron chi connectivity index (χ3n) is 5.11. The Morgan fingerprint density at radius 3 is 2.69 bits per heavy atom. The number of nitrogens with zero attached hydrogens (tertiary/aromatic N) is 2. The van der Waals surface area contributed by atoms with Crippen LogP contribution in [0.1, 0.15) is 24.2 Å². The van der Waals surface area contributed by atoms with Gasteiger partial charge >= 0.3 is 0 Å². The van der Waals surface area contributed by atoms with E-state index in [1.807, 2.05) is 35.8 Å². The normalized spacial score (nSPS) is 11.9. The van der Waals surface area contributed by atoms with Crippen LogP contribution in [0.4, 0.5) is 5.13 Å². The molecule has 2 aromatic carbocycles. The SMILES string of the molecule is CCN(CC)S(=O)(=O)c1cc(C(=O)Nc2nc(-c3c[nH]c4ccccc34)cs2)ccc1Cl. The molecule has 4 aromatic rings. The van der Waals surface area contributed by atoms with Crippen LogP contribution in [-0.4, -0.2) is 41.7 Å². The zero-order chi connectivity index (χ0) is 22.9. The summed E-state index contributed by atoms with van der Waals surface area (Å²) in [7, 11) is -3.80. The smallest absolute Gasteiger partial charge is 0.257 e. The second kappa shape index (κ2) is 9.03. The van der Waals surface area contributed by atoms with Gasteiger partial charge in [0.15, 0.2) is 5.13 Å². The third kappa shape index (κ3) is 4.16. The minimum absolute atomic E-state index is 0.0734. The van der Waals surface area contributed by atoms with Gasteiger partial charge in [0.05, 0.1) is 10.7 Å². The van der Waals surface area contributed by atoms with E-state index in [1.165, 1.54) is 33.8 Å². The zero-order valence-corrected chi connectivity index (χ0v) is 19.8. The van der Waals surface area contributed by atoms with E-state index in [0.717, 1.165) is 22.2 Å². The summed E-state index contributed by atoms with van der Waals surface area (Å²) in [5.74, 6) is -0.461. The molecule has 2 aromatic heterocycles. The van der Waals surface area contributed by atoms with Crippen molar-refractivity contribution in [3.05, 3.63) is 64.6 Å². The molecular formula is C22H21ClN4O3S2. The predicted molar refractivity (Wildman–Crippen MR) is 129 cm³/mol. The van der Waals surface area contributed by atoms with Gasteiger partial charge in [0.2, 0.25) is 10.0 Å². The first-order valence-electron chi connectivity index (χ1n) is 9.98. The minimum atomic E-state index is -3.80.